The number of nitrogens with one attached hydrogen (secondary N) is 2. The summed E-state index contributed by atoms with van der Waals surface area (Å²) in [6.07, 6.45) is 6.87. The van der Waals surface area contributed by atoms with Crippen molar-refractivity contribution in [3.8, 4) is 5.75 Å². The molecule has 5 rings (SSSR count). The van der Waals surface area contributed by atoms with Crippen molar-refractivity contribution >= 4 is 16.8 Å². The Hall–Kier alpha value is -3.15. The summed E-state index contributed by atoms with van der Waals surface area (Å²) in [6, 6.07) is 15.3. The monoisotopic (exact) mass is 417 g/mol. The standard InChI is InChI=1S/C25H27N3O3/c29-23(13-7-12-22-26-19-10-3-1-9-18(19)24(30)28-22)27-20-16-25(14-5-6-15-25)31-21-11-4-2-8-17(20)21/h1-4,8-11,20H,5-7,12-16H2,(H,27,29)(H,26,28,30)/t20-/m1/s1. The van der Waals surface area contributed by atoms with Crippen LogP contribution in [0.25, 0.3) is 10.9 Å². The molecule has 2 heterocycles. The Morgan fingerprint density at radius 2 is 1.90 bits per heavy atom. The lowest BCUT2D eigenvalue weighted by molar-refractivity contribution is -0.122. The second kappa shape index (κ2) is 8.17. The normalized spacial score (nSPS) is 19.2. The van der Waals surface area contributed by atoms with E-state index in [1.165, 1.54) is 12.8 Å². The van der Waals surface area contributed by atoms with Gasteiger partial charge in [0.25, 0.3) is 5.56 Å². The molecule has 31 heavy (non-hydrogen) atoms. The van der Waals surface area contributed by atoms with Gasteiger partial charge in [0.15, 0.2) is 0 Å². The quantitative estimate of drug-likeness (QED) is 0.652. The van der Waals surface area contributed by atoms with Crippen molar-refractivity contribution in [1.82, 2.24) is 15.3 Å². The number of hydrogen-bond acceptors (Lipinski definition) is 4. The first-order valence-electron chi connectivity index (χ1n) is 11.2. The predicted molar refractivity (Wildman–Crippen MR) is 119 cm³/mol. The Morgan fingerprint density at radius 3 is 2.77 bits per heavy atom. The minimum Gasteiger partial charge on any atom is -0.487 e. The topological polar surface area (TPSA) is 84.1 Å². The molecule has 0 radical (unpaired) electrons. The maximum Gasteiger partial charge on any atom is 0.258 e. The van der Waals surface area contributed by atoms with E-state index in [-0.39, 0.29) is 23.1 Å². The van der Waals surface area contributed by atoms with Crippen molar-refractivity contribution in [2.45, 2.75) is 63.0 Å². The number of hydrogen-bond donors (Lipinski definition) is 2. The van der Waals surface area contributed by atoms with E-state index >= 15 is 0 Å². The van der Waals surface area contributed by atoms with Gasteiger partial charge in [-0.2, -0.15) is 0 Å². The summed E-state index contributed by atoms with van der Waals surface area (Å²) in [4.78, 5) is 32.3. The second-order valence-electron chi connectivity index (χ2n) is 8.74. The summed E-state index contributed by atoms with van der Waals surface area (Å²) in [7, 11) is 0. The van der Waals surface area contributed by atoms with E-state index < -0.39 is 0 Å². The number of nitrogens with zero attached hydrogens (tertiary/aromatic N) is 1. The molecule has 1 aliphatic heterocycles. The SMILES string of the molecule is O=C(CCCc1nc2ccccc2c(=O)[nH]1)N[C@@H]1CC2(CCCC2)Oc2ccccc21. The van der Waals surface area contributed by atoms with Crippen molar-refractivity contribution in [2.75, 3.05) is 0 Å². The van der Waals surface area contributed by atoms with Gasteiger partial charge in [-0.1, -0.05) is 30.3 Å². The van der Waals surface area contributed by atoms with Crippen LogP contribution in [0, 0.1) is 0 Å². The molecule has 3 aromatic rings. The number of aromatic nitrogens is 2. The van der Waals surface area contributed by atoms with Crippen LogP contribution in [0.4, 0.5) is 0 Å². The summed E-state index contributed by atoms with van der Waals surface area (Å²) in [5, 5.41) is 3.83. The molecule has 1 atom stereocenters. The third-order valence-corrected chi connectivity index (χ3v) is 6.53. The van der Waals surface area contributed by atoms with Crippen LogP contribution in [0.5, 0.6) is 5.75 Å². The Labute approximate surface area is 181 Å². The van der Waals surface area contributed by atoms with E-state index in [1.807, 2.05) is 42.5 Å². The van der Waals surface area contributed by atoms with Gasteiger partial charge in [0.1, 0.15) is 17.2 Å². The maximum absolute atomic E-state index is 12.7. The zero-order valence-electron chi connectivity index (χ0n) is 17.5. The maximum atomic E-state index is 12.7. The summed E-state index contributed by atoms with van der Waals surface area (Å²) in [6.45, 7) is 0. The van der Waals surface area contributed by atoms with E-state index in [4.69, 9.17) is 4.74 Å². The molecule has 1 spiro atoms. The van der Waals surface area contributed by atoms with Crippen molar-refractivity contribution in [3.05, 3.63) is 70.3 Å². The number of aromatic amines is 1. The Morgan fingerprint density at radius 1 is 1.13 bits per heavy atom. The second-order valence-corrected chi connectivity index (χ2v) is 8.74. The van der Waals surface area contributed by atoms with Gasteiger partial charge in [-0.3, -0.25) is 9.59 Å². The molecule has 1 aliphatic carbocycles. The van der Waals surface area contributed by atoms with Gasteiger partial charge in [-0.15, -0.1) is 0 Å². The molecule has 2 aromatic carbocycles. The van der Waals surface area contributed by atoms with Gasteiger partial charge in [0, 0.05) is 24.8 Å². The molecule has 160 valence electrons. The fourth-order valence-corrected chi connectivity index (χ4v) is 5.01. The minimum atomic E-state index is -0.138. The fourth-order valence-electron chi connectivity index (χ4n) is 5.01. The van der Waals surface area contributed by atoms with Crippen molar-refractivity contribution in [2.24, 2.45) is 0 Å². The summed E-state index contributed by atoms with van der Waals surface area (Å²) >= 11 is 0. The van der Waals surface area contributed by atoms with Crippen molar-refractivity contribution < 1.29 is 9.53 Å². The first kappa shape index (κ1) is 19.8. The molecular weight excluding hydrogens is 390 g/mol. The highest BCUT2D eigenvalue weighted by Crippen LogP contribution is 2.47. The van der Waals surface area contributed by atoms with Gasteiger partial charge >= 0.3 is 0 Å². The van der Waals surface area contributed by atoms with E-state index in [0.29, 0.717) is 36.0 Å². The molecule has 1 saturated carbocycles. The van der Waals surface area contributed by atoms with E-state index in [0.717, 1.165) is 30.6 Å². The highest BCUT2D eigenvalue weighted by Gasteiger charge is 2.43. The van der Waals surface area contributed by atoms with Crippen LogP contribution in [0.3, 0.4) is 0 Å². The van der Waals surface area contributed by atoms with Crippen LogP contribution in [0.15, 0.2) is 53.3 Å². The Bertz CT molecular complexity index is 1160. The number of ether oxygens (including phenoxy) is 1. The molecule has 1 amide bonds. The molecule has 6 nitrogen and oxygen atoms in total. The lowest BCUT2D eigenvalue weighted by atomic mass is 9.86. The van der Waals surface area contributed by atoms with Crippen molar-refractivity contribution in [3.63, 3.8) is 0 Å². The van der Waals surface area contributed by atoms with Gasteiger partial charge < -0.3 is 15.0 Å². The number of carbonyl (C=O) groups excluding carboxylic acids is 1. The number of carbonyl (C=O) groups is 1. The van der Waals surface area contributed by atoms with Gasteiger partial charge in [-0.25, -0.2) is 4.98 Å². The molecule has 1 fully saturated rings. The highest BCUT2D eigenvalue weighted by molar-refractivity contribution is 5.77. The first-order chi connectivity index (χ1) is 15.1. The van der Waals surface area contributed by atoms with Crippen LogP contribution in [0.2, 0.25) is 0 Å². The van der Waals surface area contributed by atoms with E-state index in [9.17, 15) is 9.59 Å². The summed E-state index contributed by atoms with van der Waals surface area (Å²) < 4.78 is 6.38. The smallest absolute Gasteiger partial charge is 0.258 e. The number of aryl methyl sites for hydroxylation is 1. The minimum absolute atomic E-state index is 0.0193. The fraction of sp³-hybridized carbons (Fsp3) is 0.400. The Balaban J connectivity index is 1.23. The number of para-hydroxylation sites is 2. The number of fused-ring (bicyclic) bond motifs is 2. The van der Waals surface area contributed by atoms with E-state index in [2.05, 4.69) is 15.3 Å². The van der Waals surface area contributed by atoms with Crippen LogP contribution in [-0.2, 0) is 11.2 Å². The summed E-state index contributed by atoms with van der Waals surface area (Å²) in [5.74, 6) is 1.55. The van der Waals surface area contributed by atoms with Gasteiger partial charge in [-0.05, 0) is 50.3 Å². The van der Waals surface area contributed by atoms with Crippen LogP contribution < -0.4 is 15.6 Å². The van der Waals surface area contributed by atoms with Gasteiger partial charge in [0.05, 0.1) is 16.9 Å². The number of benzene rings is 2. The van der Waals surface area contributed by atoms with Crippen LogP contribution >= 0.6 is 0 Å². The molecule has 6 heteroatoms. The summed E-state index contributed by atoms with van der Waals surface area (Å²) in [5.41, 5.74) is 1.48. The molecule has 2 aliphatic rings. The van der Waals surface area contributed by atoms with E-state index in [1.54, 1.807) is 6.07 Å². The number of rotatable bonds is 5. The van der Waals surface area contributed by atoms with Crippen LogP contribution in [0.1, 0.15) is 62.4 Å². The molecular formula is C25H27N3O3. The zero-order valence-corrected chi connectivity index (χ0v) is 17.5. The molecule has 0 unspecified atom stereocenters. The molecule has 1 aromatic heterocycles. The average Bonchev–Trinajstić information content (AvgIpc) is 3.21. The number of H-pyrrole nitrogens is 1. The van der Waals surface area contributed by atoms with Crippen molar-refractivity contribution in [1.29, 1.82) is 0 Å². The zero-order chi connectivity index (χ0) is 21.3. The lowest BCUT2D eigenvalue weighted by Crippen LogP contribution is -2.43. The molecule has 0 saturated heterocycles. The largest absolute Gasteiger partial charge is 0.487 e. The Kier molecular flexibility index (Phi) is 5.22. The number of amides is 1. The third kappa shape index (κ3) is 4.07. The molecule has 0 bridgehead atoms. The third-order valence-electron chi connectivity index (χ3n) is 6.53. The molecule has 2 N–H and O–H groups in total. The predicted octanol–water partition coefficient (Wildman–Crippen LogP) is 4.20. The average molecular weight is 418 g/mol. The lowest BCUT2D eigenvalue weighted by Gasteiger charge is -2.40. The highest BCUT2D eigenvalue weighted by atomic mass is 16.5. The first-order valence-corrected chi connectivity index (χ1v) is 11.2. The van der Waals surface area contributed by atoms with Gasteiger partial charge in [0.2, 0.25) is 5.91 Å². The van der Waals surface area contributed by atoms with Crippen LogP contribution in [-0.4, -0.2) is 21.5 Å².